The van der Waals surface area contributed by atoms with E-state index in [2.05, 4.69) is 96.7 Å². The van der Waals surface area contributed by atoms with Crippen LogP contribution in [0.5, 0.6) is 0 Å². The first-order valence-corrected chi connectivity index (χ1v) is 7.58. The minimum Gasteiger partial charge on any atom is -0.200 e. The number of benzene rings is 2. The first-order chi connectivity index (χ1) is 10.8. The molecule has 0 fully saturated rings. The Morgan fingerprint density at radius 1 is 0.818 bits per heavy atom. The van der Waals surface area contributed by atoms with Crippen LogP contribution < -0.4 is 4.57 Å². The van der Waals surface area contributed by atoms with Gasteiger partial charge in [-0.15, -0.1) is 0 Å². The lowest BCUT2D eigenvalue weighted by Crippen LogP contribution is -2.33. The van der Waals surface area contributed by atoms with E-state index in [9.17, 15) is 0 Å². The number of pyridine rings is 1. The molecule has 0 aliphatic rings. The second-order valence-electron chi connectivity index (χ2n) is 5.49. The molecule has 22 heavy (non-hydrogen) atoms. The molecule has 2 aromatic carbocycles. The maximum Gasteiger partial charge on any atom is 0.173 e. The summed E-state index contributed by atoms with van der Waals surface area (Å²) in [6.07, 6.45) is 8.68. The van der Waals surface area contributed by atoms with E-state index in [0.29, 0.717) is 0 Å². The molecule has 0 radical (unpaired) electrons. The fourth-order valence-electron chi connectivity index (χ4n) is 2.50. The van der Waals surface area contributed by atoms with Crippen LogP contribution in [0.25, 0.3) is 12.2 Å². The maximum atomic E-state index is 2.23. The Morgan fingerprint density at radius 3 is 2.18 bits per heavy atom. The second-order valence-corrected chi connectivity index (χ2v) is 5.49. The summed E-state index contributed by atoms with van der Waals surface area (Å²) in [4.78, 5) is 0. The summed E-state index contributed by atoms with van der Waals surface area (Å²) in [5.41, 5.74) is 5.08. The molecule has 3 aromatic rings. The van der Waals surface area contributed by atoms with Crippen LogP contribution >= 0.6 is 0 Å². The molecule has 1 heteroatoms. The number of aromatic nitrogens is 1. The molecule has 108 valence electrons. The van der Waals surface area contributed by atoms with Crippen molar-refractivity contribution in [1.29, 1.82) is 0 Å². The zero-order valence-corrected chi connectivity index (χ0v) is 12.8. The van der Waals surface area contributed by atoms with Gasteiger partial charge in [-0.2, -0.15) is 0 Å². The highest BCUT2D eigenvalue weighted by Gasteiger charge is 2.05. The van der Waals surface area contributed by atoms with Crippen molar-refractivity contribution in [2.24, 2.45) is 0 Å². The molecular weight excluding hydrogens is 266 g/mol. The Hall–Kier alpha value is -2.67. The lowest BCUT2D eigenvalue weighted by molar-refractivity contribution is -0.688. The number of aryl methyl sites for hydroxylation is 1. The summed E-state index contributed by atoms with van der Waals surface area (Å²) in [5, 5.41) is 0. The van der Waals surface area contributed by atoms with Gasteiger partial charge >= 0.3 is 0 Å². The van der Waals surface area contributed by atoms with Crippen LogP contribution in [0.2, 0.25) is 0 Å². The van der Waals surface area contributed by atoms with Gasteiger partial charge < -0.3 is 0 Å². The molecule has 0 spiro atoms. The van der Waals surface area contributed by atoms with Crippen molar-refractivity contribution in [1.82, 2.24) is 0 Å². The highest BCUT2D eigenvalue weighted by atomic mass is 14.9. The molecule has 0 N–H and O–H groups in total. The number of rotatable bonds is 4. The smallest absolute Gasteiger partial charge is 0.173 e. The van der Waals surface area contributed by atoms with Crippen LogP contribution in [-0.4, -0.2) is 0 Å². The van der Waals surface area contributed by atoms with Crippen molar-refractivity contribution in [3.05, 3.63) is 101 Å². The topological polar surface area (TPSA) is 3.88 Å². The molecule has 0 amide bonds. The largest absolute Gasteiger partial charge is 0.200 e. The first kappa shape index (κ1) is 14.3. The highest BCUT2D eigenvalue weighted by molar-refractivity contribution is 5.70. The molecule has 1 heterocycles. The molecule has 3 rings (SSSR count). The summed E-state index contributed by atoms with van der Waals surface area (Å²) in [7, 11) is 0. The normalized spacial score (nSPS) is 11.0. The van der Waals surface area contributed by atoms with Crippen molar-refractivity contribution in [3.63, 3.8) is 0 Å². The number of nitrogens with zero attached hydrogens (tertiary/aromatic N) is 1. The van der Waals surface area contributed by atoms with Crippen molar-refractivity contribution in [2.75, 3.05) is 0 Å². The molecule has 0 bridgehead atoms. The summed E-state index contributed by atoms with van der Waals surface area (Å²) in [6, 6.07) is 23.1. The standard InChI is InChI=1S/C21H20N/c1-18-16-22(17-20-10-6-3-7-11-20)15-14-21(18)13-12-19-8-4-2-5-9-19/h2-16H,17H2,1H3/q+1. The van der Waals surface area contributed by atoms with Gasteiger partial charge in [-0.25, -0.2) is 4.57 Å². The zero-order valence-electron chi connectivity index (χ0n) is 12.8. The first-order valence-electron chi connectivity index (χ1n) is 7.58. The van der Waals surface area contributed by atoms with Gasteiger partial charge in [0.25, 0.3) is 0 Å². The van der Waals surface area contributed by atoms with E-state index in [1.807, 2.05) is 6.07 Å². The molecule has 0 aliphatic heterocycles. The van der Waals surface area contributed by atoms with Gasteiger partial charge in [-0.1, -0.05) is 72.8 Å². The minimum atomic E-state index is 0.907. The van der Waals surface area contributed by atoms with Gasteiger partial charge in [-0.3, -0.25) is 0 Å². The quantitative estimate of drug-likeness (QED) is 0.622. The van der Waals surface area contributed by atoms with E-state index in [4.69, 9.17) is 0 Å². The molecule has 0 atom stereocenters. The Bertz CT molecular complexity index is 758. The van der Waals surface area contributed by atoms with Crippen LogP contribution in [0.1, 0.15) is 22.3 Å². The molecule has 1 aromatic heterocycles. The lowest BCUT2D eigenvalue weighted by Gasteiger charge is -2.02. The van der Waals surface area contributed by atoms with Gasteiger partial charge in [0.1, 0.15) is 0 Å². The van der Waals surface area contributed by atoms with Crippen molar-refractivity contribution in [2.45, 2.75) is 13.5 Å². The Balaban J connectivity index is 1.76. The Labute approximate surface area is 132 Å². The lowest BCUT2D eigenvalue weighted by atomic mass is 10.1. The highest BCUT2D eigenvalue weighted by Crippen LogP contribution is 2.11. The van der Waals surface area contributed by atoms with E-state index < -0.39 is 0 Å². The average Bonchev–Trinajstić information content (AvgIpc) is 2.56. The molecule has 1 nitrogen and oxygen atoms in total. The monoisotopic (exact) mass is 286 g/mol. The zero-order chi connectivity index (χ0) is 15.2. The van der Waals surface area contributed by atoms with Crippen molar-refractivity contribution in [3.8, 4) is 0 Å². The van der Waals surface area contributed by atoms with Gasteiger partial charge in [-0.05, 0) is 18.1 Å². The van der Waals surface area contributed by atoms with Crippen LogP contribution in [-0.2, 0) is 6.54 Å². The third-order valence-electron chi connectivity index (χ3n) is 3.72. The number of hydrogen-bond acceptors (Lipinski definition) is 0. The van der Waals surface area contributed by atoms with Crippen molar-refractivity contribution < 1.29 is 4.57 Å². The fourth-order valence-corrected chi connectivity index (χ4v) is 2.50. The van der Waals surface area contributed by atoms with E-state index in [-0.39, 0.29) is 0 Å². The molecular formula is C21H20N+. The minimum absolute atomic E-state index is 0.907. The van der Waals surface area contributed by atoms with Crippen molar-refractivity contribution >= 4 is 12.2 Å². The Morgan fingerprint density at radius 2 is 1.50 bits per heavy atom. The van der Waals surface area contributed by atoms with Crippen LogP contribution in [0.4, 0.5) is 0 Å². The summed E-state index contributed by atoms with van der Waals surface area (Å²) < 4.78 is 2.23. The molecule has 0 unspecified atom stereocenters. The van der Waals surface area contributed by atoms with E-state index in [0.717, 1.165) is 6.54 Å². The predicted octanol–water partition coefficient (Wildman–Crippen LogP) is 4.50. The summed E-state index contributed by atoms with van der Waals surface area (Å²) in [6.45, 7) is 3.07. The van der Waals surface area contributed by atoms with Crippen LogP contribution in [0.15, 0.2) is 79.1 Å². The van der Waals surface area contributed by atoms with Gasteiger partial charge in [0.15, 0.2) is 18.9 Å². The Kier molecular flexibility index (Phi) is 4.45. The predicted molar refractivity (Wildman–Crippen MR) is 92.3 cm³/mol. The summed E-state index contributed by atoms with van der Waals surface area (Å²) >= 11 is 0. The average molecular weight is 286 g/mol. The van der Waals surface area contributed by atoms with E-state index in [1.165, 1.54) is 22.3 Å². The summed E-state index contributed by atoms with van der Waals surface area (Å²) in [5.74, 6) is 0. The molecule has 0 saturated carbocycles. The van der Waals surface area contributed by atoms with Crippen LogP contribution in [0, 0.1) is 6.92 Å². The molecule has 0 saturated heterocycles. The fraction of sp³-hybridized carbons (Fsp3) is 0.0952. The third-order valence-corrected chi connectivity index (χ3v) is 3.72. The van der Waals surface area contributed by atoms with Gasteiger partial charge in [0.2, 0.25) is 0 Å². The third kappa shape index (κ3) is 3.70. The molecule has 0 aliphatic carbocycles. The van der Waals surface area contributed by atoms with Gasteiger partial charge in [0, 0.05) is 17.2 Å². The second kappa shape index (κ2) is 6.86. The van der Waals surface area contributed by atoms with Crippen LogP contribution in [0.3, 0.4) is 0 Å². The van der Waals surface area contributed by atoms with Gasteiger partial charge in [0.05, 0.1) is 0 Å². The maximum absolute atomic E-state index is 2.23. The van der Waals surface area contributed by atoms with E-state index in [1.54, 1.807) is 0 Å². The number of hydrogen-bond donors (Lipinski definition) is 0. The van der Waals surface area contributed by atoms with E-state index >= 15 is 0 Å². The SMILES string of the molecule is Cc1c[n+](Cc2ccccc2)ccc1C=Cc1ccccc1.